The number of benzene rings is 2. The van der Waals surface area contributed by atoms with E-state index in [4.69, 9.17) is 13.9 Å². The average Bonchev–Trinajstić information content (AvgIpc) is 3.43. The molecule has 0 radical (unpaired) electrons. The van der Waals surface area contributed by atoms with Crippen LogP contribution in [0.25, 0.3) is 0 Å². The average molecular weight is 433 g/mol. The van der Waals surface area contributed by atoms with E-state index in [0.29, 0.717) is 36.6 Å². The fraction of sp³-hybridized carbons (Fsp3) is 0.200. The lowest BCUT2D eigenvalue weighted by molar-refractivity contribution is -0.129. The third-order valence-corrected chi connectivity index (χ3v) is 5.19. The van der Waals surface area contributed by atoms with Crippen molar-refractivity contribution in [2.75, 3.05) is 20.3 Å². The predicted molar refractivity (Wildman–Crippen MR) is 117 cm³/mol. The molecule has 1 aliphatic heterocycles. The molecule has 1 atom stereocenters. The number of aliphatic hydroxyl groups excluding tert-OH is 1. The summed E-state index contributed by atoms with van der Waals surface area (Å²) >= 11 is 0. The Morgan fingerprint density at radius 3 is 2.56 bits per heavy atom. The highest BCUT2D eigenvalue weighted by Gasteiger charge is 2.44. The van der Waals surface area contributed by atoms with E-state index in [-0.39, 0.29) is 11.3 Å². The molecule has 2 heterocycles. The van der Waals surface area contributed by atoms with Crippen molar-refractivity contribution in [3.63, 3.8) is 0 Å². The summed E-state index contributed by atoms with van der Waals surface area (Å²) in [6, 6.07) is 18.8. The molecule has 164 valence electrons. The maximum atomic E-state index is 13.2. The quantitative estimate of drug-likeness (QED) is 0.389. The molecule has 1 amide bonds. The number of amides is 1. The predicted octanol–water partition coefficient (Wildman–Crippen LogP) is 4.69. The maximum absolute atomic E-state index is 13.2. The minimum atomic E-state index is -0.781. The second kappa shape index (κ2) is 9.53. The van der Waals surface area contributed by atoms with Gasteiger partial charge in [0.05, 0.1) is 17.9 Å². The van der Waals surface area contributed by atoms with Crippen molar-refractivity contribution >= 4 is 11.7 Å². The number of methoxy groups -OCH3 is 1. The zero-order valence-corrected chi connectivity index (χ0v) is 17.6. The van der Waals surface area contributed by atoms with Gasteiger partial charge in [0, 0.05) is 20.3 Å². The SMILES string of the molecule is COCCCN1C(=O)C(O)=C(C(=O)c2ccco2)[C@H]1c1cccc(Oc2ccccc2)c1. The molecule has 4 rings (SSSR count). The van der Waals surface area contributed by atoms with Gasteiger partial charge in [-0.2, -0.15) is 0 Å². The minimum Gasteiger partial charge on any atom is -0.503 e. The van der Waals surface area contributed by atoms with Crippen molar-refractivity contribution in [2.45, 2.75) is 12.5 Å². The zero-order chi connectivity index (χ0) is 22.5. The number of ether oxygens (including phenoxy) is 2. The number of carbonyl (C=O) groups excluding carboxylic acids is 2. The molecular formula is C25H23NO6. The minimum absolute atomic E-state index is 0.0146. The summed E-state index contributed by atoms with van der Waals surface area (Å²) in [7, 11) is 1.58. The molecule has 2 aromatic carbocycles. The molecule has 32 heavy (non-hydrogen) atoms. The van der Waals surface area contributed by atoms with Crippen LogP contribution < -0.4 is 4.74 Å². The topological polar surface area (TPSA) is 89.2 Å². The Balaban J connectivity index is 1.72. The second-order valence-electron chi connectivity index (χ2n) is 7.30. The Morgan fingerprint density at radius 1 is 1.06 bits per heavy atom. The van der Waals surface area contributed by atoms with Gasteiger partial charge in [-0.05, 0) is 48.4 Å². The van der Waals surface area contributed by atoms with Gasteiger partial charge in [-0.25, -0.2) is 0 Å². The first-order chi connectivity index (χ1) is 15.6. The number of para-hydroxylation sites is 1. The summed E-state index contributed by atoms with van der Waals surface area (Å²) in [5, 5.41) is 10.7. The highest BCUT2D eigenvalue weighted by atomic mass is 16.5. The lowest BCUT2D eigenvalue weighted by Crippen LogP contribution is -2.32. The van der Waals surface area contributed by atoms with E-state index < -0.39 is 23.5 Å². The van der Waals surface area contributed by atoms with Crippen LogP contribution in [0.4, 0.5) is 0 Å². The Bertz CT molecular complexity index is 1120. The molecule has 0 saturated heterocycles. The smallest absolute Gasteiger partial charge is 0.290 e. The lowest BCUT2D eigenvalue weighted by Gasteiger charge is -2.27. The van der Waals surface area contributed by atoms with Gasteiger partial charge in [0.15, 0.2) is 11.5 Å². The molecule has 3 aromatic rings. The fourth-order valence-electron chi connectivity index (χ4n) is 3.76. The molecule has 1 aliphatic rings. The molecule has 0 spiro atoms. The van der Waals surface area contributed by atoms with Gasteiger partial charge in [0.1, 0.15) is 11.5 Å². The van der Waals surface area contributed by atoms with Gasteiger partial charge in [-0.1, -0.05) is 30.3 Å². The van der Waals surface area contributed by atoms with Crippen LogP contribution in [0.15, 0.2) is 88.7 Å². The van der Waals surface area contributed by atoms with Crippen LogP contribution in [0, 0.1) is 0 Å². The molecule has 1 aromatic heterocycles. The summed E-state index contributed by atoms with van der Waals surface area (Å²) in [6.07, 6.45) is 1.93. The van der Waals surface area contributed by atoms with Crippen LogP contribution in [0.3, 0.4) is 0 Å². The van der Waals surface area contributed by atoms with Crippen molar-refractivity contribution in [1.29, 1.82) is 0 Å². The monoisotopic (exact) mass is 433 g/mol. The van der Waals surface area contributed by atoms with Crippen LogP contribution in [-0.2, 0) is 9.53 Å². The van der Waals surface area contributed by atoms with E-state index in [1.54, 1.807) is 37.4 Å². The summed E-state index contributed by atoms with van der Waals surface area (Å²) in [6.45, 7) is 0.746. The number of furan rings is 1. The summed E-state index contributed by atoms with van der Waals surface area (Å²) in [5.41, 5.74) is 0.627. The molecule has 0 unspecified atom stereocenters. The van der Waals surface area contributed by atoms with Crippen LogP contribution in [0.5, 0.6) is 11.5 Å². The van der Waals surface area contributed by atoms with Crippen molar-refractivity contribution in [3.8, 4) is 11.5 Å². The summed E-state index contributed by atoms with van der Waals surface area (Å²) < 4.78 is 16.3. The number of ketones is 1. The van der Waals surface area contributed by atoms with Crippen molar-refractivity contribution in [1.82, 2.24) is 4.90 Å². The van der Waals surface area contributed by atoms with Crippen LogP contribution in [0.2, 0.25) is 0 Å². The van der Waals surface area contributed by atoms with Gasteiger partial charge in [-0.15, -0.1) is 0 Å². The third-order valence-electron chi connectivity index (χ3n) is 5.19. The Hall–Kier alpha value is -3.84. The number of carbonyl (C=O) groups is 2. The molecule has 7 nitrogen and oxygen atoms in total. The Kier molecular flexibility index (Phi) is 6.37. The fourth-order valence-corrected chi connectivity index (χ4v) is 3.76. The van der Waals surface area contributed by atoms with E-state index in [1.165, 1.54) is 17.2 Å². The van der Waals surface area contributed by atoms with E-state index >= 15 is 0 Å². The highest BCUT2D eigenvalue weighted by molar-refractivity contribution is 6.15. The van der Waals surface area contributed by atoms with Crippen molar-refractivity contribution in [3.05, 3.63) is 95.6 Å². The summed E-state index contributed by atoms with van der Waals surface area (Å²) in [4.78, 5) is 27.5. The van der Waals surface area contributed by atoms with Crippen LogP contribution in [0.1, 0.15) is 28.6 Å². The molecule has 0 fully saturated rings. The second-order valence-corrected chi connectivity index (χ2v) is 7.30. The normalized spacial score (nSPS) is 16.0. The van der Waals surface area contributed by atoms with Crippen LogP contribution in [-0.4, -0.2) is 42.0 Å². The number of hydrogen-bond acceptors (Lipinski definition) is 6. The van der Waals surface area contributed by atoms with Gasteiger partial charge >= 0.3 is 0 Å². The largest absolute Gasteiger partial charge is 0.503 e. The first kappa shape index (κ1) is 21.4. The lowest BCUT2D eigenvalue weighted by atomic mass is 9.95. The Labute approximate surface area is 185 Å². The standard InChI is InChI=1S/C25H23NO6/c1-30-14-7-13-26-22(21(24(28)25(26)29)23(27)20-12-6-15-31-20)17-8-5-11-19(16-17)32-18-9-3-2-4-10-18/h2-6,8-12,15-16,22,28H,7,13-14H2,1H3/t22-/m1/s1. The molecule has 0 bridgehead atoms. The Morgan fingerprint density at radius 2 is 1.84 bits per heavy atom. The first-order valence-electron chi connectivity index (χ1n) is 10.2. The highest BCUT2D eigenvalue weighted by Crippen LogP contribution is 2.40. The van der Waals surface area contributed by atoms with Gasteiger partial charge in [0.25, 0.3) is 5.91 Å². The van der Waals surface area contributed by atoms with Crippen molar-refractivity contribution in [2.24, 2.45) is 0 Å². The number of nitrogens with zero attached hydrogens (tertiary/aromatic N) is 1. The van der Waals surface area contributed by atoms with Crippen LogP contribution >= 0.6 is 0 Å². The number of Topliss-reactive ketones (excluding diaryl/α,β-unsaturated/α-hetero) is 1. The maximum Gasteiger partial charge on any atom is 0.290 e. The molecule has 1 N–H and O–H groups in total. The number of aliphatic hydroxyl groups is 1. The van der Waals surface area contributed by atoms with Gasteiger partial charge in [0.2, 0.25) is 5.78 Å². The number of rotatable bonds is 9. The number of hydrogen-bond donors (Lipinski definition) is 1. The molecule has 0 aliphatic carbocycles. The van der Waals surface area contributed by atoms with Crippen molar-refractivity contribution < 1.29 is 28.6 Å². The first-order valence-corrected chi connectivity index (χ1v) is 10.2. The van der Waals surface area contributed by atoms with E-state index in [9.17, 15) is 14.7 Å². The van der Waals surface area contributed by atoms with E-state index in [2.05, 4.69) is 0 Å². The van der Waals surface area contributed by atoms with Gasteiger partial charge < -0.3 is 23.9 Å². The molecular weight excluding hydrogens is 410 g/mol. The summed E-state index contributed by atoms with van der Waals surface area (Å²) in [5.74, 6) is -0.434. The molecule has 7 heteroatoms. The van der Waals surface area contributed by atoms with E-state index in [0.717, 1.165) is 0 Å². The molecule has 0 saturated carbocycles. The zero-order valence-electron chi connectivity index (χ0n) is 17.6. The van der Waals surface area contributed by atoms with Gasteiger partial charge in [-0.3, -0.25) is 9.59 Å². The van der Waals surface area contributed by atoms with E-state index in [1.807, 2.05) is 30.3 Å². The third kappa shape index (κ3) is 4.29.